The lowest BCUT2D eigenvalue weighted by Crippen LogP contribution is -2.10. The van der Waals surface area contributed by atoms with E-state index in [9.17, 15) is 9.59 Å². The van der Waals surface area contributed by atoms with Gasteiger partial charge in [0.05, 0.1) is 47.9 Å². The highest BCUT2D eigenvalue weighted by Crippen LogP contribution is 2.20. The van der Waals surface area contributed by atoms with Crippen molar-refractivity contribution in [3.05, 3.63) is 83.2 Å². The molecule has 0 aliphatic rings. The first-order chi connectivity index (χ1) is 17.9. The van der Waals surface area contributed by atoms with Crippen molar-refractivity contribution in [3.63, 3.8) is 0 Å². The van der Waals surface area contributed by atoms with Crippen LogP contribution >= 0.6 is 0 Å². The molecule has 2 aromatic heterocycles. The Morgan fingerprint density at radius 2 is 1.35 bits per heavy atom. The van der Waals surface area contributed by atoms with Gasteiger partial charge in [-0.25, -0.2) is 9.59 Å². The van der Waals surface area contributed by atoms with Gasteiger partial charge in [0.2, 0.25) is 0 Å². The third kappa shape index (κ3) is 6.68. The summed E-state index contributed by atoms with van der Waals surface area (Å²) in [5.74, 6) is -0.817. The van der Waals surface area contributed by atoms with Gasteiger partial charge in [-0.15, -0.1) is 0 Å². The molecule has 0 saturated carbocycles. The second-order valence-electron chi connectivity index (χ2n) is 7.52. The normalized spacial score (nSPS) is 9.86. The number of esters is 2. The number of ether oxygens (including phenoxy) is 2. The highest BCUT2D eigenvalue weighted by atomic mass is 16.5. The van der Waals surface area contributed by atoms with Crippen LogP contribution in [0.4, 0.5) is 0 Å². The van der Waals surface area contributed by atoms with Crippen LogP contribution in [0.2, 0.25) is 0 Å². The Kier molecular flexibility index (Phi) is 8.90. The van der Waals surface area contributed by atoms with Gasteiger partial charge < -0.3 is 9.47 Å². The van der Waals surface area contributed by atoms with E-state index >= 15 is 0 Å². The first-order valence-electron chi connectivity index (χ1n) is 11.3. The summed E-state index contributed by atoms with van der Waals surface area (Å²) < 4.78 is 11.3. The number of aryl methyl sites for hydroxylation is 1. The summed E-state index contributed by atoms with van der Waals surface area (Å²) in [5.41, 5.74) is 4.89. The maximum absolute atomic E-state index is 11.7. The molecule has 1 N–H and O–H groups in total. The molecule has 0 amide bonds. The number of aromatic nitrogens is 4. The van der Waals surface area contributed by atoms with Crippen molar-refractivity contribution in [2.45, 2.75) is 13.8 Å². The van der Waals surface area contributed by atoms with E-state index in [0.29, 0.717) is 47.1 Å². The quantitative estimate of drug-likeness (QED) is 0.390. The van der Waals surface area contributed by atoms with Crippen molar-refractivity contribution in [2.24, 2.45) is 7.05 Å². The summed E-state index contributed by atoms with van der Waals surface area (Å²) in [4.78, 5) is 23.1. The lowest BCUT2D eigenvalue weighted by molar-refractivity contribution is 0.0506. The van der Waals surface area contributed by atoms with E-state index in [1.807, 2.05) is 6.07 Å². The van der Waals surface area contributed by atoms with E-state index in [4.69, 9.17) is 20.0 Å². The van der Waals surface area contributed by atoms with Crippen molar-refractivity contribution < 1.29 is 19.1 Å². The topological polar surface area (TPSA) is 147 Å². The van der Waals surface area contributed by atoms with Gasteiger partial charge in [0, 0.05) is 18.2 Å². The van der Waals surface area contributed by atoms with Crippen molar-refractivity contribution in [1.82, 2.24) is 20.0 Å². The van der Waals surface area contributed by atoms with Gasteiger partial charge in [-0.3, -0.25) is 9.78 Å². The Bertz CT molecular complexity index is 1450. The van der Waals surface area contributed by atoms with Crippen LogP contribution in [0, 0.1) is 22.7 Å². The SMILES string of the molecule is CCOC(=O)c1cc(-c2ccc(C#N)cc2)n[nH]1.CCOC(=O)c1cc(-c2ccc(C#N)cc2)nn1C. The average molecular weight is 497 g/mol. The largest absolute Gasteiger partial charge is 0.461 e. The monoisotopic (exact) mass is 496 g/mol. The number of aromatic amines is 1. The molecule has 10 nitrogen and oxygen atoms in total. The smallest absolute Gasteiger partial charge is 0.356 e. The van der Waals surface area contributed by atoms with Gasteiger partial charge in [-0.2, -0.15) is 20.7 Å². The predicted octanol–water partition coefficient (Wildman–Crippen LogP) is 4.26. The molecule has 0 saturated heterocycles. The lowest BCUT2D eigenvalue weighted by atomic mass is 10.1. The summed E-state index contributed by atoms with van der Waals surface area (Å²) in [5, 5.41) is 28.4. The fourth-order valence-corrected chi connectivity index (χ4v) is 3.22. The van der Waals surface area contributed by atoms with Crippen molar-refractivity contribution in [1.29, 1.82) is 10.5 Å². The molecule has 0 aliphatic heterocycles. The van der Waals surface area contributed by atoms with Crippen LogP contribution in [0.5, 0.6) is 0 Å². The third-order valence-corrected chi connectivity index (χ3v) is 5.06. The fraction of sp³-hybridized carbons (Fsp3) is 0.185. The summed E-state index contributed by atoms with van der Waals surface area (Å²) in [6, 6.07) is 21.4. The molecular weight excluding hydrogens is 472 g/mol. The second-order valence-corrected chi connectivity index (χ2v) is 7.52. The molecule has 2 aromatic carbocycles. The molecule has 0 unspecified atom stereocenters. The molecule has 0 aliphatic carbocycles. The standard InChI is InChI=1S/C14H13N3O2.C13H11N3O2/c1-3-19-14(18)13-8-12(16-17(13)2)11-6-4-10(9-15)5-7-11;1-2-18-13(17)12-7-11(15-16-12)10-5-3-9(8-14)4-6-10/h4-8H,3H2,1-2H3;3-7H,2H2,1H3,(H,15,16). The molecule has 0 radical (unpaired) electrons. The summed E-state index contributed by atoms with van der Waals surface area (Å²) in [6.07, 6.45) is 0. The van der Waals surface area contributed by atoms with Gasteiger partial charge in [-0.1, -0.05) is 24.3 Å². The minimum atomic E-state index is -0.426. The van der Waals surface area contributed by atoms with Crippen molar-refractivity contribution >= 4 is 11.9 Å². The average Bonchev–Trinajstić information content (AvgIpc) is 3.57. The highest BCUT2D eigenvalue weighted by Gasteiger charge is 2.15. The Hall–Kier alpha value is -5.22. The van der Waals surface area contributed by atoms with Crippen LogP contribution in [0.15, 0.2) is 60.7 Å². The predicted molar refractivity (Wildman–Crippen MR) is 134 cm³/mol. The molecule has 4 rings (SSSR count). The molecule has 0 atom stereocenters. The molecule has 0 fully saturated rings. The molecule has 2 heterocycles. The Morgan fingerprint density at radius 3 is 1.86 bits per heavy atom. The van der Waals surface area contributed by atoms with Crippen LogP contribution in [-0.4, -0.2) is 45.1 Å². The second kappa shape index (κ2) is 12.5. The number of carbonyl (C=O) groups excluding carboxylic acids is 2. The van der Waals surface area contributed by atoms with Crippen LogP contribution in [-0.2, 0) is 16.5 Å². The van der Waals surface area contributed by atoms with E-state index in [0.717, 1.165) is 11.1 Å². The maximum atomic E-state index is 11.7. The van der Waals surface area contributed by atoms with E-state index in [-0.39, 0.29) is 0 Å². The fourth-order valence-electron chi connectivity index (χ4n) is 3.22. The number of nitriles is 2. The lowest BCUT2D eigenvalue weighted by Gasteiger charge is -1.99. The van der Waals surface area contributed by atoms with E-state index in [1.54, 1.807) is 81.6 Å². The van der Waals surface area contributed by atoms with Crippen LogP contribution < -0.4 is 0 Å². The molecule has 37 heavy (non-hydrogen) atoms. The van der Waals surface area contributed by atoms with E-state index < -0.39 is 11.9 Å². The maximum Gasteiger partial charge on any atom is 0.356 e. The number of hydrogen-bond acceptors (Lipinski definition) is 8. The minimum Gasteiger partial charge on any atom is -0.461 e. The Morgan fingerprint density at radius 1 is 0.838 bits per heavy atom. The van der Waals surface area contributed by atoms with Gasteiger partial charge in [0.15, 0.2) is 0 Å². The van der Waals surface area contributed by atoms with Crippen molar-refractivity contribution in [3.8, 4) is 34.7 Å². The van der Waals surface area contributed by atoms with Gasteiger partial charge in [-0.05, 0) is 50.2 Å². The Labute approximate surface area is 213 Å². The minimum absolute atomic E-state index is 0.316. The zero-order valence-electron chi connectivity index (χ0n) is 20.6. The van der Waals surface area contributed by atoms with Gasteiger partial charge >= 0.3 is 11.9 Å². The molecule has 186 valence electrons. The Balaban J connectivity index is 0.000000206. The zero-order valence-corrected chi connectivity index (χ0v) is 20.6. The number of benzene rings is 2. The first kappa shape index (κ1) is 26.4. The summed E-state index contributed by atoms with van der Waals surface area (Å²) in [7, 11) is 1.69. The number of rotatable bonds is 6. The van der Waals surface area contributed by atoms with Crippen LogP contribution in [0.25, 0.3) is 22.5 Å². The number of hydrogen-bond donors (Lipinski definition) is 1. The van der Waals surface area contributed by atoms with E-state index in [1.165, 1.54) is 4.68 Å². The number of H-pyrrole nitrogens is 1. The molecule has 10 heteroatoms. The van der Waals surface area contributed by atoms with Crippen LogP contribution in [0.3, 0.4) is 0 Å². The molecular formula is C27H24N6O4. The third-order valence-electron chi connectivity index (χ3n) is 5.06. The summed E-state index contributed by atoms with van der Waals surface area (Å²) >= 11 is 0. The number of nitrogens with one attached hydrogen (secondary N) is 1. The van der Waals surface area contributed by atoms with Gasteiger partial charge in [0.25, 0.3) is 0 Å². The van der Waals surface area contributed by atoms with Crippen molar-refractivity contribution in [2.75, 3.05) is 13.2 Å². The molecule has 4 aromatic rings. The first-order valence-corrected chi connectivity index (χ1v) is 11.3. The number of nitrogens with zero attached hydrogens (tertiary/aromatic N) is 5. The number of carbonyl (C=O) groups is 2. The summed E-state index contributed by atoms with van der Waals surface area (Å²) in [6.45, 7) is 4.16. The zero-order chi connectivity index (χ0) is 26.8. The molecule has 0 bridgehead atoms. The van der Waals surface area contributed by atoms with E-state index in [2.05, 4.69) is 21.4 Å². The molecule has 0 spiro atoms. The van der Waals surface area contributed by atoms with Gasteiger partial charge in [0.1, 0.15) is 11.4 Å². The highest BCUT2D eigenvalue weighted by molar-refractivity contribution is 5.89. The van der Waals surface area contributed by atoms with Crippen LogP contribution in [0.1, 0.15) is 46.0 Å².